The van der Waals surface area contributed by atoms with Gasteiger partial charge >= 0.3 is 11.8 Å². The van der Waals surface area contributed by atoms with Gasteiger partial charge in [-0.3, -0.25) is 14.3 Å². The number of para-hydroxylation sites is 1. The fourth-order valence-electron chi connectivity index (χ4n) is 2.39. The lowest BCUT2D eigenvalue weighted by Crippen LogP contribution is -2.42. The van der Waals surface area contributed by atoms with Crippen LogP contribution in [0.2, 0.25) is 5.02 Å². The van der Waals surface area contributed by atoms with E-state index in [9.17, 15) is 9.59 Å². The van der Waals surface area contributed by atoms with Gasteiger partial charge in [-0.15, -0.1) is 0 Å². The first kappa shape index (κ1) is 19.4. The minimum absolute atomic E-state index is 0.286. The highest BCUT2D eigenvalue weighted by molar-refractivity contribution is 6.39. The number of ether oxygens (including phenoxy) is 1. The predicted molar refractivity (Wildman–Crippen MR) is 104 cm³/mol. The molecule has 1 heterocycles. The Hall–Kier alpha value is -3.39. The standard InChI is InChI=1S/C19H18ClN5O3/c1-13(10-25-12-21-11-22-25)23-18(26)19(27)24-14-6-8-15(9-7-14)28-17-5-3-2-4-16(17)20/h2-9,11-13H,10H2,1H3,(H,23,26)(H,24,27). The summed E-state index contributed by atoms with van der Waals surface area (Å²) in [6, 6.07) is 13.4. The van der Waals surface area contributed by atoms with Crippen LogP contribution in [0.4, 0.5) is 5.69 Å². The highest BCUT2D eigenvalue weighted by Gasteiger charge is 2.17. The second-order valence-electron chi connectivity index (χ2n) is 6.00. The predicted octanol–water partition coefficient (Wildman–Crippen LogP) is 2.87. The van der Waals surface area contributed by atoms with Gasteiger partial charge < -0.3 is 15.4 Å². The second-order valence-corrected chi connectivity index (χ2v) is 6.41. The van der Waals surface area contributed by atoms with Crippen LogP contribution in [-0.4, -0.2) is 32.6 Å². The Morgan fingerprint density at radius 3 is 2.57 bits per heavy atom. The number of anilines is 1. The zero-order chi connectivity index (χ0) is 19.9. The minimum Gasteiger partial charge on any atom is -0.456 e. The molecule has 1 aromatic heterocycles. The monoisotopic (exact) mass is 399 g/mol. The van der Waals surface area contributed by atoms with Gasteiger partial charge in [0.1, 0.15) is 24.2 Å². The van der Waals surface area contributed by atoms with Crippen molar-refractivity contribution in [2.24, 2.45) is 0 Å². The van der Waals surface area contributed by atoms with Gasteiger partial charge in [0.2, 0.25) is 0 Å². The number of benzene rings is 2. The van der Waals surface area contributed by atoms with Crippen LogP contribution in [-0.2, 0) is 16.1 Å². The topological polar surface area (TPSA) is 98.1 Å². The van der Waals surface area contributed by atoms with Gasteiger partial charge in [0, 0.05) is 11.7 Å². The molecule has 28 heavy (non-hydrogen) atoms. The van der Waals surface area contributed by atoms with E-state index in [2.05, 4.69) is 20.7 Å². The SMILES string of the molecule is CC(Cn1cncn1)NC(=O)C(=O)Nc1ccc(Oc2ccccc2Cl)cc1. The lowest BCUT2D eigenvalue weighted by atomic mass is 10.3. The van der Waals surface area contributed by atoms with Gasteiger partial charge in [-0.1, -0.05) is 23.7 Å². The normalized spacial score (nSPS) is 11.5. The van der Waals surface area contributed by atoms with Crippen LogP contribution in [0.5, 0.6) is 11.5 Å². The summed E-state index contributed by atoms with van der Waals surface area (Å²) in [7, 11) is 0. The number of rotatable bonds is 6. The van der Waals surface area contributed by atoms with E-state index < -0.39 is 11.8 Å². The molecule has 2 N–H and O–H groups in total. The zero-order valence-electron chi connectivity index (χ0n) is 15.0. The van der Waals surface area contributed by atoms with Crippen LogP contribution in [0, 0.1) is 0 Å². The number of carbonyl (C=O) groups excluding carboxylic acids is 2. The molecule has 0 aliphatic rings. The van der Waals surface area contributed by atoms with E-state index in [-0.39, 0.29) is 6.04 Å². The molecular weight excluding hydrogens is 382 g/mol. The summed E-state index contributed by atoms with van der Waals surface area (Å²) >= 11 is 6.06. The van der Waals surface area contributed by atoms with Crippen molar-refractivity contribution in [3.05, 3.63) is 66.2 Å². The Morgan fingerprint density at radius 2 is 1.89 bits per heavy atom. The van der Waals surface area contributed by atoms with Crippen LogP contribution < -0.4 is 15.4 Å². The van der Waals surface area contributed by atoms with E-state index in [4.69, 9.17) is 16.3 Å². The number of hydrogen-bond acceptors (Lipinski definition) is 5. The third kappa shape index (κ3) is 5.31. The molecule has 0 fully saturated rings. The maximum atomic E-state index is 12.1. The number of aromatic nitrogens is 3. The number of carbonyl (C=O) groups is 2. The van der Waals surface area contributed by atoms with Crippen molar-refractivity contribution in [3.63, 3.8) is 0 Å². The third-order valence-electron chi connectivity index (χ3n) is 3.69. The quantitative estimate of drug-likeness (QED) is 0.621. The van der Waals surface area contributed by atoms with E-state index in [1.807, 2.05) is 12.1 Å². The Balaban J connectivity index is 1.52. The largest absolute Gasteiger partial charge is 0.456 e. The molecule has 0 saturated carbocycles. The smallest absolute Gasteiger partial charge is 0.313 e. The molecule has 0 saturated heterocycles. The molecule has 3 rings (SSSR count). The summed E-state index contributed by atoms with van der Waals surface area (Å²) in [5.41, 5.74) is 0.468. The van der Waals surface area contributed by atoms with Crippen LogP contribution >= 0.6 is 11.6 Å². The summed E-state index contributed by atoms with van der Waals surface area (Å²) < 4.78 is 7.25. The molecule has 0 spiro atoms. The molecule has 3 aromatic rings. The van der Waals surface area contributed by atoms with Crippen molar-refractivity contribution >= 4 is 29.1 Å². The molecule has 0 aliphatic carbocycles. The highest BCUT2D eigenvalue weighted by Crippen LogP contribution is 2.29. The molecule has 1 unspecified atom stereocenters. The lowest BCUT2D eigenvalue weighted by molar-refractivity contribution is -0.136. The summed E-state index contributed by atoms with van der Waals surface area (Å²) in [6.45, 7) is 2.18. The number of halogens is 1. The summed E-state index contributed by atoms with van der Waals surface area (Å²) in [5.74, 6) is -0.409. The van der Waals surface area contributed by atoms with Crippen molar-refractivity contribution in [2.45, 2.75) is 19.5 Å². The first-order valence-electron chi connectivity index (χ1n) is 8.48. The van der Waals surface area contributed by atoms with Crippen LogP contribution in [0.3, 0.4) is 0 Å². The van der Waals surface area contributed by atoms with E-state index in [1.165, 1.54) is 12.7 Å². The molecule has 144 valence electrons. The van der Waals surface area contributed by atoms with Gasteiger partial charge in [-0.05, 0) is 43.3 Å². The molecule has 0 aliphatic heterocycles. The second kappa shape index (κ2) is 9.01. The molecule has 8 nitrogen and oxygen atoms in total. The van der Waals surface area contributed by atoms with E-state index in [1.54, 1.807) is 48.0 Å². The molecular formula is C19H18ClN5O3. The van der Waals surface area contributed by atoms with Gasteiger partial charge in [0.15, 0.2) is 0 Å². The number of nitrogens with zero attached hydrogens (tertiary/aromatic N) is 3. The van der Waals surface area contributed by atoms with Crippen LogP contribution in [0.1, 0.15) is 6.92 Å². The minimum atomic E-state index is -0.759. The number of amides is 2. The fourth-order valence-corrected chi connectivity index (χ4v) is 2.57. The molecule has 9 heteroatoms. The average molecular weight is 400 g/mol. The van der Waals surface area contributed by atoms with Crippen molar-refractivity contribution in [2.75, 3.05) is 5.32 Å². The lowest BCUT2D eigenvalue weighted by Gasteiger charge is -2.13. The summed E-state index contributed by atoms with van der Waals surface area (Å²) in [4.78, 5) is 27.9. The van der Waals surface area contributed by atoms with Gasteiger partial charge in [-0.25, -0.2) is 4.98 Å². The number of hydrogen-bond donors (Lipinski definition) is 2. The van der Waals surface area contributed by atoms with Crippen molar-refractivity contribution in [1.82, 2.24) is 20.1 Å². The number of nitrogens with one attached hydrogen (secondary N) is 2. The first-order valence-corrected chi connectivity index (χ1v) is 8.86. The van der Waals surface area contributed by atoms with Gasteiger partial charge in [-0.2, -0.15) is 5.10 Å². The zero-order valence-corrected chi connectivity index (χ0v) is 15.8. The van der Waals surface area contributed by atoms with E-state index >= 15 is 0 Å². The van der Waals surface area contributed by atoms with Crippen molar-refractivity contribution in [3.8, 4) is 11.5 Å². The molecule has 2 amide bonds. The Morgan fingerprint density at radius 1 is 1.14 bits per heavy atom. The van der Waals surface area contributed by atoms with Gasteiger partial charge in [0.05, 0.1) is 11.6 Å². The maximum absolute atomic E-state index is 12.1. The van der Waals surface area contributed by atoms with Crippen LogP contribution in [0.15, 0.2) is 61.2 Å². The van der Waals surface area contributed by atoms with Crippen molar-refractivity contribution in [1.29, 1.82) is 0 Å². The third-order valence-corrected chi connectivity index (χ3v) is 4.00. The van der Waals surface area contributed by atoms with Crippen molar-refractivity contribution < 1.29 is 14.3 Å². The summed E-state index contributed by atoms with van der Waals surface area (Å²) in [5, 5.41) is 9.60. The average Bonchev–Trinajstić information content (AvgIpc) is 3.18. The van der Waals surface area contributed by atoms with E-state index in [0.717, 1.165) is 0 Å². The maximum Gasteiger partial charge on any atom is 0.313 e. The van der Waals surface area contributed by atoms with Gasteiger partial charge in [0.25, 0.3) is 0 Å². The van der Waals surface area contributed by atoms with E-state index in [0.29, 0.717) is 28.8 Å². The highest BCUT2D eigenvalue weighted by atomic mass is 35.5. The molecule has 0 bridgehead atoms. The molecule has 1 atom stereocenters. The fraction of sp³-hybridized carbons (Fsp3) is 0.158. The Kier molecular flexibility index (Phi) is 6.23. The molecule has 2 aromatic carbocycles. The summed E-state index contributed by atoms with van der Waals surface area (Å²) in [6.07, 6.45) is 2.94. The van der Waals surface area contributed by atoms with Crippen LogP contribution in [0.25, 0.3) is 0 Å². The molecule has 0 radical (unpaired) electrons. The Bertz CT molecular complexity index is 944. The first-order chi connectivity index (χ1) is 13.5. The Labute approximate surface area is 166 Å².